The van der Waals surface area contributed by atoms with Crippen LogP contribution in [-0.2, 0) is 9.59 Å². The minimum absolute atomic E-state index is 0.00295. The summed E-state index contributed by atoms with van der Waals surface area (Å²) in [4.78, 5) is 26.5. The summed E-state index contributed by atoms with van der Waals surface area (Å²) in [5.41, 5.74) is 3.38. The Kier molecular flexibility index (Phi) is 2.90. The molecule has 4 rings (SSSR count). The van der Waals surface area contributed by atoms with Gasteiger partial charge in [0.05, 0.1) is 18.5 Å². The second-order valence-electron chi connectivity index (χ2n) is 6.74. The van der Waals surface area contributed by atoms with E-state index < -0.39 is 0 Å². The van der Waals surface area contributed by atoms with Crippen molar-refractivity contribution in [1.82, 2.24) is 4.90 Å². The molecule has 1 saturated heterocycles. The molecule has 4 heteroatoms. The van der Waals surface area contributed by atoms with Crippen molar-refractivity contribution >= 4 is 17.5 Å². The molecule has 3 aliphatic rings. The Bertz CT molecular complexity index is 664. The van der Waals surface area contributed by atoms with Gasteiger partial charge in [0, 0.05) is 5.69 Å². The molecule has 0 aromatic heterocycles. The van der Waals surface area contributed by atoms with Crippen molar-refractivity contribution in [1.29, 1.82) is 0 Å². The van der Waals surface area contributed by atoms with E-state index in [1.54, 1.807) is 0 Å². The van der Waals surface area contributed by atoms with Crippen LogP contribution in [0.25, 0.3) is 0 Å². The number of hydrogen-bond acceptors (Lipinski definition) is 3. The molecule has 1 N–H and O–H groups in total. The smallest absolute Gasteiger partial charge is 0.235 e. The molecule has 2 amide bonds. The van der Waals surface area contributed by atoms with Crippen molar-refractivity contribution in [3.63, 3.8) is 0 Å². The lowest BCUT2D eigenvalue weighted by molar-refractivity contribution is -0.140. The van der Waals surface area contributed by atoms with Crippen molar-refractivity contribution in [2.45, 2.75) is 20.3 Å². The molecule has 1 heterocycles. The number of benzene rings is 1. The fraction of sp³-hybridized carbons (Fsp3) is 0.444. The SMILES string of the molecule is Cc1ccc(NCN2C(=O)[C@@H]3[C@H](C2=O)[C@@H]2C=C[C@H]3C2)cc1C. The Hall–Kier alpha value is -2.10. The average molecular weight is 296 g/mol. The van der Waals surface area contributed by atoms with Crippen LogP contribution in [0.3, 0.4) is 0 Å². The molecule has 1 aromatic carbocycles. The molecule has 22 heavy (non-hydrogen) atoms. The Labute approximate surface area is 130 Å². The number of carbonyl (C=O) groups is 2. The number of anilines is 1. The van der Waals surface area contributed by atoms with Gasteiger partial charge in [-0.05, 0) is 55.4 Å². The summed E-state index contributed by atoms with van der Waals surface area (Å²) in [5.74, 6) is 0.343. The van der Waals surface area contributed by atoms with Crippen LogP contribution in [0.5, 0.6) is 0 Å². The number of hydrogen-bond donors (Lipinski definition) is 1. The largest absolute Gasteiger partial charge is 0.367 e. The van der Waals surface area contributed by atoms with E-state index >= 15 is 0 Å². The lowest BCUT2D eigenvalue weighted by atomic mass is 9.85. The molecule has 2 bridgehead atoms. The predicted octanol–water partition coefficient (Wildman–Crippen LogP) is 2.48. The van der Waals surface area contributed by atoms with Crippen molar-refractivity contribution in [3.8, 4) is 0 Å². The summed E-state index contributed by atoms with van der Waals surface area (Å²) in [5, 5.41) is 3.22. The molecule has 2 fully saturated rings. The summed E-state index contributed by atoms with van der Waals surface area (Å²) < 4.78 is 0. The highest BCUT2D eigenvalue weighted by molar-refractivity contribution is 6.06. The van der Waals surface area contributed by atoms with Crippen molar-refractivity contribution in [2.24, 2.45) is 23.7 Å². The summed E-state index contributed by atoms with van der Waals surface area (Å²) >= 11 is 0. The number of imide groups is 1. The molecular formula is C18H20N2O2. The van der Waals surface area contributed by atoms with Gasteiger partial charge >= 0.3 is 0 Å². The van der Waals surface area contributed by atoms with E-state index in [-0.39, 0.29) is 42.2 Å². The van der Waals surface area contributed by atoms with Gasteiger partial charge in [0.25, 0.3) is 0 Å². The first-order valence-electron chi connectivity index (χ1n) is 7.91. The van der Waals surface area contributed by atoms with Crippen LogP contribution >= 0.6 is 0 Å². The average Bonchev–Trinajstić information content (AvgIpc) is 3.16. The lowest BCUT2D eigenvalue weighted by Gasteiger charge is -2.18. The third-order valence-electron chi connectivity index (χ3n) is 5.51. The van der Waals surface area contributed by atoms with Crippen molar-refractivity contribution in [2.75, 3.05) is 12.0 Å². The molecule has 1 saturated carbocycles. The minimum atomic E-state index is -0.107. The van der Waals surface area contributed by atoms with E-state index in [0.717, 1.165) is 12.1 Å². The number of rotatable bonds is 3. The second-order valence-corrected chi connectivity index (χ2v) is 6.74. The van der Waals surface area contributed by atoms with Gasteiger partial charge in [-0.3, -0.25) is 14.5 Å². The molecule has 1 aliphatic heterocycles. The topological polar surface area (TPSA) is 49.4 Å². The highest BCUT2D eigenvalue weighted by Crippen LogP contribution is 2.52. The fourth-order valence-corrected chi connectivity index (χ4v) is 4.14. The third-order valence-corrected chi connectivity index (χ3v) is 5.51. The number of amides is 2. The van der Waals surface area contributed by atoms with Crippen LogP contribution in [-0.4, -0.2) is 23.4 Å². The summed E-state index contributed by atoms with van der Waals surface area (Å²) in [7, 11) is 0. The molecule has 4 nitrogen and oxygen atoms in total. The number of nitrogens with one attached hydrogen (secondary N) is 1. The van der Waals surface area contributed by atoms with Gasteiger partial charge in [-0.2, -0.15) is 0 Å². The van der Waals surface area contributed by atoms with Gasteiger partial charge in [-0.1, -0.05) is 18.2 Å². The second kappa shape index (κ2) is 4.70. The Balaban J connectivity index is 1.49. The van der Waals surface area contributed by atoms with Gasteiger partial charge in [-0.15, -0.1) is 0 Å². The maximum absolute atomic E-state index is 12.6. The van der Waals surface area contributed by atoms with Gasteiger partial charge in [0.2, 0.25) is 11.8 Å². The van der Waals surface area contributed by atoms with Gasteiger partial charge in [0.15, 0.2) is 0 Å². The van der Waals surface area contributed by atoms with Crippen LogP contribution in [0.15, 0.2) is 30.4 Å². The van der Waals surface area contributed by atoms with E-state index in [9.17, 15) is 9.59 Å². The van der Waals surface area contributed by atoms with Crippen molar-refractivity contribution in [3.05, 3.63) is 41.5 Å². The molecule has 4 atom stereocenters. The standard InChI is InChI=1S/C18H20N2O2/c1-10-3-6-14(7-11(10)2)19-9-20-17(21)15-12-4-5-13(8-12)16(15)18(20)22/h3-7,12-13,15-16,19H,8-9H2,1-2H3/t12-,13+,15-,16+. The minimum Gasteiger partial charge on any atom is -0.367 e. The quantitative estimate of drug-likeness (QED) is 0.688. The molecule has 1 aromatic rings. The van der Waals surface area contributed by atoms with Crippen LogP contribution in [0.4, 0.5) is 5.69 Å². The summed E-state index contributed by atoms with van der Waals surface area (Å²) in [6.45, 7) is 4.39. The van der Waals surface area contributed by atoms with E-state index in [2.05, 4.69) is 31.3 Å². The number of fused-ring (bicyclic) bond motifs is 5. The molecule has 0 unspecified atom stereocenters. The normalized spacial score (nSPS) is 32.0. The lowest BCUT2D eigenvalue weighted by Crippen LogP contribution is -2.37. The van der Waals surface area contributed by atoms with Crippen LogP contribution in [0.1, 0.15) is 17.5 Å². The molecule has 0 radical (unpaired) electrons. The zero-order valence-corrected chi connectivity index (χ0v) is 12.9. The molecule has 114 valence electrons. The summed E-state index contributed by atoms with van der Waals surface area (Å²) in [6, 6.07) is 6.08. The first-order valence-corrected chi connectivity index (χ1v) is 7.91. The number of carbonyl (C=O) groups excluding carboxylic acids is 2. The van der Waals surface area contributed by atoms with Crippen LogP contribution in [0.2, 0.25) is 0 Å². The van der Waals surface area contributed by atoms with E-state index in [1.807, 2.05) is 18.2 Å². The van der Waals surface area contributed by atoms with Gasteiger partial charge in [0.1, 0.15) is 0 Å². The van der Waals surface area contributed by atoms with E-state index in [1.165, 1.54) is 16.0 Å². The van der Waals surface area contributed by atoms with Crippen LogP contribution in [0, 0.1) is 37.5 Å². The van der Waals surface area contributed by atoms with E-state index in [0.29, 0.717) is 0 Å². The molecule has 2 aliphatic carbocycles. The number of allylic oxidation sites excluding steroid dienone is 2. The Morgan fingerprint density at radius 1 is 1.05 bits per heavy atom. The highest BCUT2D eigenvalue weighted by Gasteiger charge is 2.59. The number of nitrogens with zero attached hydrogens (tertiary/aromatic N) is 1. The molecule has 0 spiro atoms. The maximum Gasteiger partial charge on any atom is 0.235 e. The van der Waals surface area contributed by atoms with Crippen LogP contribution < -0.4 is 5.32 Å². The number of likely N-dealkylation sites (tertiary alicyclic amines) is 1. The summed E-state index contributed by atoms with van der Waals surface area (Å²) in [6.07, 6.45) is 5.22. The zero-order valence-electron chi connectivity index (χ0n) is 12.9. The Morgan fingerprint density at radius 2 is 1.68 bits per heavy atom. The maximum atomic E-state index is 12.6. The van der Waals surface area contributed by atoms with E-state index in [4.69, 9.17) is 0 Å². The Morgan fingerprint density at radius 3 is 2.27 bits per heavy atom. The van der Waals surface area contributed by atoms with Gasteiger partial charge in [-0.25, -0.2) is 0 Å². The highest BCUT2D eigenvalue weighted by atomic mass is 16.2. The first kappa shape index (κ1) is 13.6. The molecular weight excluding hydrogens is 276 g/mol. The van der Waals surface area contributed by atoms with Gasteiger partial charge < -0.3 is 5.32 Å². The third kappa shape index (κ3) is 1.83. The monoisotopic (exact) mass is 296 g/mol. The predicted molar refractivity (Wildman–Crippen MR) is 84.0 cm³/mol. The van der Waals surface area contributed by atoms with Crippen molar-refractivity contribution < 1.29 is 9.59 Å². The fourth-order valence-electron chi connectivity index (χ4n) is 4.14. The zero-order chi connectivity index (χ0) is 15.4. The first-order chi connectivity index (χ1) is 10.6. The number of aryl methyl sites for hydroxylation is 2.